The second-order valence-corrected chi connectivity index (χ2v) is 13.2. The van der Waals surface area contributed by atoms with E-state index in [0.717, 1.165) is 89.9 Å². The standard InChI is InChI=1S/C39H65O9P/c1-3-5-7-9-11-12-13-14-15-16-17-18-20-24-28-32-38(41)46-34-37(35-47-49(43,44)45)48-39(42)33-29-25-21-23-27-31-36(40)30-26-22-19-10-8-6-4-2/h5-8,11-12,14-15,19,22,26,30,36-37,40H,3-4,9-10,13,16-18,20-21,23-25,27-29,31-35H2,1-2H3,(H2,43,44,45)/b7-5-,8-6+,12-11-,15-14-,22-19+,30-26+/t36?,37-/m1/s1. The predicted molar refractivity (Wildman–Crippen MR) is 199 cm³/mol. The molecule has 0 aliphatic carbocycles. The minimum atomic E-state index is -4.78. The molecule has 0 radical (unpaired) electrons. The Morgan fingerprint density at radius 2 is 1.16 bits per heavy atom. The SMILES string of the molecule is CC/C=C\C/C=C\C/C=C\CCCCCCCC(=O)OC[C@H](COP(=O)(O)O)OC(=O)CCCCCCCC(O)/C=C/C=C/C/C=C/CC. The van der Waals surface area contributed by atoms with Crippen LogP contribution in [0.25, 0.3) is 0 Å². The second kappa shape index (κ2) is 33.9. The van der Waals surface area contributed by atoms with E-state index in [1.165, 1.54) is 0 Å². The summed E-state index contributed by atoms with van der Waals surface area (Å²) in [4.78, 5) is 42.7. The molecule has 2 atom stereocenters. The Morgan fingerprint density at radius 1 is 0.633 bits per heavy atom. The zero-order chi connectivity index (χ0) is 36.3. The van der Waals surface area contributed by atoms with Gasteiger partial charge >= 0.3 is 19.8 Å². The molecule has 280 valence electrons. The van der Waals surface area contributed by atoms with Crippen LogP contribution < -0.4 is 0 Å². The summed E-state index contributed by atoms with van der Waals surface area (Å²) in [6.07, 6.45) is 39.3. The number of hydrogen-bond acceptors (Lipinski definition) is 7. The fourth-order valence-electron chi connectivity index (χ4n) is 4.63. The van der Waals surface area contributed by atoms with E-state index in [1.54, 1.807) is 6.08 Å². The van der Waals surface area contributed by atoms with Crippen LogP contribution in [0.1, 0.15) is 136 Å². The maximum atomic E-state index is 12.4. The van der Waals surface area contributed by atoms with Gasteiger partial charge in [-0.05, 0) is 64.2 Å². The highest BCUT2D eigenvalue weighted by Crippen LogP contribution is 2.36. The van der Waals surface area contributed by atoms with Crippen LogP contribution in [0.4, 0.5) is 0 Å². The average molecular weight is 709 g/mol. The van der Waals surface area contributed by atoms with Gasteiger partial charge in [-0.2, -0.15) is 0 Å². The summed E-state index contributed by atoms with van der Waals surface area (Å²) in [5.74, 6) is -0.990. The molecule has 10 heteroatoms. The van der Waals surface area contributed by atoms with Crippen LogP contribution in [0.3, 0.4) is 0 Å². The smallest absolute Gasteiger partial charge is 0.462 e. The number of unbranched alkanes of at least 4 members (excludes halogenated alkanes) is 9. The van der Waals surface area contributed by atoms with Crippen molar-refractivity contribution in [3.8, 4) is 0 Å². The van der Waals surface area contributed by atoms with Gasteiger partial charge in [0.25, 0.3) is 0 Å². The molecule has 49 heavy (non-hydrogen) atoms. The van der Waals surface area contributed by atoms with E-state index in [2.05, 4.69) is 67.0 Å². The zero-order valence-electron chi connectivity index (χ0n) is 30.2. The van der Waals surface area contributed by atoms with Crippen molar-refractivity contribution in [3.05, 3.63) is 72.9 Å². The molecule has 0 saturated heterocycles. The van der Waals surface area contributed by atoms with Crippen LogP contribution in [0.15, 0.2) is 72.9 Å². The van der Waals surface area contributed by atoms with Gasteiger partial charge in [-0.15, -0.1) is 0 Å². The van der Waals surface area contributed by atoms with Crippen molar-refractivity contribution < 1.29 is 43.0 Å². The number of hydrogen-bond donors (Lipinski definition) is 3. The van der Waals surface area contributed by atoms with Crippen LogP contribution in [0.2, 0.25) is 0 Å². The zero-order valence-corrected chi connectivity index (χ0v) is 31.1. The molecule has 0 spiro atoms. The third-order valence-corrected chi connectivity index (χ3v) is 7.81. The van der Waals surface area contributed by atoms with Crippen molar-refractivity contribution in [2.45, 2.75) is 148 Å². The normalized spacial score (nSPS) is 14.0. The quantitative estimate of drug-likeness (QED) is 0.0205. The summed E-state index contributed by atoms with van der Waals surface area (Å²) < 4.78 is 26.2. The molecule has 0 aromatic rings. The maximum absolute atomic E-state index is 12.4. The van der Waals surface area contributed by atoms with Gasteiger partial charge in [-0.3, -0.25) is 14.1 Å². The summed E-state index contributed by atoms with van der Waals surface area (Å²) in [6.45, 7) is 3.32. The van der Waals surface area contributed by atoms with Crippen LogP contribution in [0, 0.1) is 0 Å². The third kappa shape index (κ3) is 36.6. The molecule has 0 heterocycles. The number of esters is 2. The van der Waals surface area contributed by atoms with Crippen LogP contribution >= 0.6 is 7.82 Å². The first-order chi connectivity index (χ1) is 23.7. The number of aliphatic hydroxyl groups is 1. The Morgan fingerprint density at radius 3 is 1.80 bits per heavy atom. The van der Waals surface area contributed by atoms with Crippen molar-refractivity contribution in [2.24, 2.45) is 0 Å². The van der Waals surface area contributed by atoms with Crippen molar-refractivity contribution in [1.82, 2.24) is 0 Å². The van der Waals surface area contributed by atoms with Gasteiger partial charge in [0.2, 0.25) is 0 Å². The van der Waals surface area contributed by atoms with Crippen molar-refractivity contribution in [3.63, 3.8) is 0 Å². The first-order valence-corrected chi connectivity index (χ1v) is 19.9. The van der Waals surface area contributed by atoms with E-state index in [9.17, 15) is 19.3 Å². The van der Waals surface area contributed by atoms with E-state index in [0.29, 0.717) is 19.3 Å². The summed E-state index contributed by atoms with van der Waals surface area (Å²) in [6, 6.07) is 0. The molecule has 0 aromatic carbocycles. The molecule has 0 aliphatic heterocycles. The average Bonchev–Trinajstić information content (AvgIpc) is 3.06. The molecule has 0 amide bonds. The largest absolute Gasteiger partial charge is 0.469 e. The maximum Gasteiger partial charge on any atom is 0.469 e. The van der Waals surface area contributed by atoms with Crippen LogP contribution in [-0.4, -0.2) is 52.3 Å². The first-order valence-electron chi connectivity index (χ1n) is 18.3. The van der Waals surface area contributed by atoms with Gasteiger partial charge in [0, 0.05) is 12.8 Å². The highest BCUT2D eigenvalue weighted by Gasteiger charge is 2.22. The molecule has 0 aromatic heterocycles. The first kappa shape index (κ1) is 46.5. The highest BCUT2D eigenvalue weighted by atomic mass is 31.2. The molecule has 3 N–H and O–H groups in total. The minimum absolute atomic E-state index is 0.134. The van der Waals surface area contributed by atoms with E-state index in [4.69, 9.17) is 19.3 Å². The van der Waals surface area contributed by atoms with Gasteiger partial charge in [-0.1, -0.05) is 132 Å². The number of aliphatic hydroxyl groups excluding tert-OH is 1. The Bertz CT molecular complexity index is 1040. The molecule has 0 rings (SSSR count). The lowest BCUT2D eigenvalue weighted by atomic mass is 10.1. The Kier molecular flexibility index (Phi) is 32.2. The number of ether oxygens (including phenoxy) is 2. The van der Waals surface area contributed by atoms with Crippen molar-refractivity contribution in [2.75, 3.05) is 13.2 Å². The number of phosphoric acid groups is 1. The number of phosphoric ester groups is 1. The summed E-state index contributed by atoms with van der Waals surface area (Å²) in [5, 5.41) is 10.1. The molecule has 1 unspecified atom stereocenters. The fraction of sp³-hybridized carbons (Fsp3) is 0.641. The van der Waals surface area contributed by atoms with E-state index in [1.807, 2.05) is 18.2 Å². The Hall–Kier alpha value is -2.55. The highest BCUT2D eigenvalue weighted by molar-refractivity contribution is 7.46. The molecular formula is C39H65O9P. The van der Waals surface area contributed by atoms with Crippen LogP contribution in [0.5, 0.6) is 0 Å². The Labute approximate surface area is 296 Å². The summed E-state index contributed by atoms with van der Waals surface area (Å²) in [7, 11) is -4.78. The van der Waals surface area contributed by atoms with E-state index < -0.39 is 38.6 Å². The lowest BCUT2D eigenvalue weighted by molar-refractivity contribution is -0.161. The third-order valence-electron chi connectivity index (χ3n) is 7.32. The topological polar surface area (TPSA) is 140 Å². The van der Waals surface area contributed by atoms with Crippen LogP contribution in [-0.2, 0) is 28.2 Å². The molecule has 9 nitrogen and oxygen atoms in total. The number of carbonyl (C=O) groups excluding carboxylic acids is 2. The summed E-state index contributed by atoms with van der Waals surface area (Å²) in [5.41, 5.74) is 0. The van der Waals surface area contributed by atoms with E-state index in [-0.39, 0.29) is 19.4 Å². The molecule has 0 fully saturated rings. The lowest BCUT2D eigenvalue weighted by Crippen LogP contribution is -2.29. The molecule has 0 aliphatic rings. The van der Waals surface area contributed by atoms with Gasteiger partial charge in [0.15, 0.2) is 6.10 Å². The Balaban J connectivity index is 4.12. The van der Waals surface area contributed by atoms with Crippen molar-refractivity contribution >= 4 is 19.8 Å². The van der Waals surface area contributed by atoms with Crippen molar-refractivity contribution in [1.29, 1.82) is 0 Å². The number of allylic oxidation sites excluding steroid dienone is 11. The van der Waals surface area contributed by atoms with E-state index >= 15 is 0 Å². The number of carbonyl (C=O) groups is 2. The minimum Gasteiger partial charge on any atom is -0.462 e. The molecule has 0 bridgehead atoms. The number of rotatable bonds is 32. The second-order valence-electron chi connectivity index (χ2n) is 12.0. The van der Waals surface area contributed by atoms with Gasteiger partial charge in [0.1, 0.15) is 6.61 Å². The van der Waals surface area contributed by atoms with Gasteiger partial charge < -0.3 is 24.4 Å². The molecular weight excluding hydrogens is 643 g/mol. The van der Waals surface area contributed by atoms with Gasteiger partial charge in [0.05, 0.1) is 12.7 Å². The fourth-order valence-corrected chi connectivity index (χ4v) is 4.99. The monoisotopic (exact) mass is 708 g/mol. The summed E-state index contributed by atoms with van der Waals surface area (Å²) >= 11 is 0. The van der Waals surface area contributed by atoms with Gasteiger partial charge in [-0.25, -0.2) is 4.57 Å². The predicted octanol–water partition coefficient (Wildman–Crippen LogP) is 9.70. The lowest BCUT2D eigenvalue weighted by Gasteiger charge is -2.18. The molecule has 0 saturated carbocycles.